The van der Waals surface area contributed by atoms with Gasteiger partial charge in [0.05, 0.1) is 6.61 Å². The van der Waals surface area contributed by atoms with E-state index in [1.807, 2.05) is 6.92 Å². The lowest BCUT2D eigenvalue weighted by Crippen LogP contribution is -2.29. The lowest BCUT2D eigenvalue weighted by Gasteiger charge is -2.23. The van der Waals surface area contributed by atoms with E-state index in [0.717, 1.165) is 38.8 Å². The molecule has 1 aliphatic rings. The third-order valence-corrected chi connectivity index (χ3v) is 3.41. The molecule has 2 nitrogen and oxygen atoms in total. The minimum Gasteiger partial charge on any atom is -0.381 e. The van der Waals surface area contributed by atoms with E-state index in [1.165, 1.54) is 0 Å². The van der Waals surface area contributed by atoms with Gasteiger partial charge in [-0.15, -0.1) is 0 Å². The average molecular weight is 255 g/mol. The normalized spacial score (nSPS) is 19.7. The molecule has 0 spiro atoms. The Morgan fingerprint density at radius 3 is 2.89 bits per heavy atom. The average Bonchev–Trinajstić information content (AvgIpc) is 2.86. The van der Waals surface area contributed by atoms with Crippen molar-refractivity contribution in [3.63, 3.8) is 0 Å². The van der Waals surface area contributed by atoms with Gasteiger partial charge in [-0.1, -0.05) is 19.1 Å². The van der Waals surface area contributed by atoms with Crippen LogP contribution in [0.25, 0.3) is 0 Å². The highest BCUT2D eigenvalue weighted by Crippen LogP contribution is 2.17. The molecule has 1 aromatic carbocycles. The second-order valence-electron chi connectivity index (χ2n) is 4.77. The second kappa shape index (κ2) is 6.25. The second-order valence-corrected chi connectivity index (χ2v) is 4.77. The van der Waals surface area contributed by atoms with E-state index in [1.54, 1.807) is 12.1 Å². The van der Waals surface area contributed by atoms with E-state index in [0.29, 0.717) is 18.0 Å². The van der Waals surface area contributed by atoms with Crippen molar-refractivity contribution in [3.8, 4) is 0 Å². The molecule has 1 atom stereocenters. The van der Waals surface area contributed by atoms with E-state index in [4.69, 9.17) is 4.74 Å². The van der Waals surface area contributed by atoms with Gasteiger partial charge in [-0.2, -0.15) is 0 Å². The van der Waals surface area contributed by atoms with Crippen molar-refractivity contribution in [1.29, 1.82) is 0 Å². The van der Waals surface area contributed by atoms with Crippen LogP contribution in [-0.4, -0.2) is 31.2 Å². The summed E-state index contributed by atoms with van der Waals surface area (Å²) in [5.41, 5.74) is 0.427. The zero-order valence-electron chi connectivity index (χ0n) is 10.7. The molecule has 1 aromatic rings. The molecule has 0 N–H and O–H groups in total. The monoisotopic (exact) mass is 255 g/mol. The number of hydrogen-bond acceptors (Lipinski definition) is 2. The van der Waals surface area contributed by atoms with Gasteiger partial charge in [0.2, 0.25) is 0 Å². The molecule has 1 fully saturated rings. The fourth-order valence-electron chi connectivity index (χ4n) is 2.31. The molecular formula is C14H19F2NO. The number of benzene rings is 1. The summed E-state index contributed by atoms with van der Waals surface area (Å²) in [6, 6.07) is 4.35. The first kappa shape index (κ1) is 13.4. The Morgan fingerprint density at radius 2 is 2.22 bits per heavy atom. The summed E-state index contributed by atoms with van der Waals surface area (Å²) in [5, 5.41) is 0. The van der Waals surface area contributed by atoms with E-state index in [-0.39, 0.29) is 0 Å². The number of ether oxygens (including phenoxy) is 1. The molecule has 0 amide bonds. The van der Waals surface area contributed by atoms with E-state index < -0.39 is 11.6 Å². The number of halogens is 2. The predicted octanol–water partition coefficient (Wildman–Crippen LogP) is 2.82. The van der Waals surface area contributed by atoms with Crippen LogP contribution in [0.4, 0.5) is 8.78 Å². The zero-order chi connectivity index (χ0) is 13.0. The van der Waals surface area contributed by atoms with Crippen LogP contribution < -0.4 is 0 Å². The predicted molar refractivity (Wildman–Crippen MR) is 66.2 cm³/mol. The fourth-order valence-corrected chi connectivity index (χ4v) is 2.31. The van der Waals surface area contributed by atoms with Gasteiger partial charge in [0.1, 0.15) is 0 Å². The van der Waals surface area contributed by atoms with Crippen LogP contribution in [0.5, 0.6) is 0 Å². The Morgan fingerprint density at radius 1 is 1.39 bits per heavy atom. The molecule has 0 aliphatic carbocycles. The van der Waals surface area contributed by atoms with Crippen LogP contribution >= 0.6 is 0 Å². The minimum atomic E-state index is -0.771. The third kappa shape index (κ3) is 3.27. The summed E-state index contributed by atoms with van der Waals surface area (Å²) in [4.78, 5) is 2.14. The van der Waals surface area contributed by atoms with Crippen LogP contribution in [0.1, 0.15) is 18.9 Å². The van der Waals surface area contributed by atoms with Gasteiger partial charge >= 0.3 is 0 Å². The maximum absolute atomic E-state index is 13.6. The summed E-state index contributed by atoms with van der Waals surface area (Å²) in [7, 11) is 0. The maximum atomic E-state index is 13.6. The number of rotatable bonds is 5. The summed E-state index contributed by atoms with van der Waals surface area (Å²) in [5.74, 6) is -0.979. The summed E-state index contributed by atoms with van der Waals surface area (Å²) >= 11 is 0. The maximum Gasteiger partial charge on any atom is 0.163 e. The summed E-state index contributed by atoms with van der Waals surface area (Å²) in [6.45, 7) is 5.79. The topological polar surface area (TPSA) is 12.5 Å². The molecule has 1 heterocycles. The van der Waals surface area contributed by atoms with E-state index >= 15 is 0 Å². The van der Waals surface area contributed by atoms with Crippen molar-refractivity contribution in [1.82, 2.24) is 4.90 Å². The fraction of sp³-hybridized carbons (Fsp3) is 0.571. The van der Waals surface area contributed by atoms with Crippen molar-refractivity contribution in [3.05, 3.63) is 35.4 Å². The minimum absolute atomic E-state index is 0.427. The molecule has 1 aliphatic heterocycles. The largest absolute Gasteiger partial charge is 0.381 e. The van der Waals surface area contributed by atoms with Gasteiger partial charge in [-0.25, -0.2) is 8.78 Å². The molecule has 0 unspecified atom stereocenters. The zero-order valence-corrected chi connectivity index (χ0v) is 10.7. The smallest absolute Gasteiger partial charge is 0.163 e. The molecule has 0 bridgehead atoms. The Labute approximate surface area is 107 Å². The van der Waals surface area contributed by atoms with Crippen molar-refractivity contribution >= 4 is 0 Å². The first-order valence-corrected chi connectivity index (χ1v) is 6.43. The molecule has 4 heteroatoms. The molecule has 1 saturated heterocycles. The van der Waals surface area contributed by atoms with Crippen molar-refractivity contribution in [2.75, 3.05) is 26.3 Å². The van der Waals surface area contributed by atoms with Gasteiger partial charge in [-0.05, 0) is 24.9 Å². The molecule has 100 valence electrons. The Balaban J connectivity index is 1.98. The van der Waals surface area contributed by atoms with Gasteiger partial charge < -0.3 is 4.74 Å². The van der Waals surface area contributed by atoms with Gasteiger partial charge in [0.25, 0.3) is 0 Å². The molecular weight excluding hydrogens is 236 g/mol. The van der Waals surface area contributed by atoms with Crippen LogP contribution in [0.15, 0.2) is 18.2 Å². The van der Waals surface area contributed by atoms with Crippen molar-refractivity contribution < 1.29 is 13.5 Å². The molecule has 0 aromatic heterocycles. The Kier molecular flexibility index (Phi) is 4.66. The van der Waals surface area contributed by atoms with Crippen LogP contribution in [0, 0.1) is 17.6 Å². The lowest BCUT2D eigenvalue weighted by molar-refractivity contribution is 0.166. The Bertz CT molecular complexity index is 391. The van der Waals surface area contributed by atoms with E-state index in [9.17, 15) is 8.78 Å². The summed E-state index contributed by atoms with van der Waals surface area (Å²) < 4.78 is 32.0. The quantitative estimate of drug-likeness (QED) is 0.802. The van der Waals surface area contributed by atoms with Crippen LogP contribution in [-0.2, 0) is 11.3 Å². The van der Waals surface area contributed by atoms with Gasteiger partial charge in [0.15, 0.2) is 11.6 Å². The van der Waals surface area contributed by atoms with Crippen LogP contribution in [0.3, 0.4) is 0 Å². The lowest BCUT2D eigenvalue weighted by atomic mass is 10.1. The molecule has 0 saturated carbocycles. The molecule has 2 rings (SSSR count). The standard InChI is InChI=1S/C14H19F2NO/c1-2-17(8-11-6-7-18-10-11)9-12-4-3-5-13(15)14(12)16/h3-5,11H,2,6-10H2,1H3/t11-/m0/s1. The van der Waals surface area contributed by atoms with Crippen LogP contribution in [0.2, 0.25) is 0 Å². The highest BCUT2D eigenvalue weighted by atomic mass is 19.2. The Hall–Kier alpha value is -1.00. The summed E-state index contributed by atoms with van der Waals surface area (Å²) in [6.07, 6.45) is 1.06. The van der Waals surface area contributed by atoms with E-state index in [2.05, 4.69) is 4.90 Å². The SMILES string of the molecule is CCN(Cc1cccc(F)c1F)C[C@@H]1CCOC1. The number of nitrogens with zero attached hydrogens (tertiary/aromatic N) is 1. The van der Waals surface area contributed by atoms with Crippen molar-refractivity contribution in [2.24, 2.45) is 5.92 Å². The highest BCUT2D eigenvalue weighted by Gasteiger charge is 2.19. The number of hydrogen-bond donors (Lipinski definition) is 0. The third-order valence-electron chi connectivity index (χ3n) is 3.41. The highest BCUT2D eigenvalue weighted by molar-refractivity contribution is 5.18. The van der Waals surface area contributed by atoms with Gasteiger partial charge in [0, 0.05) is 25.3 Å². The first-order chi connectivity index (χ1) is 8.70. The van der Waals surface area contributed by atoms with Gasteiger partial charge in [-0.3, -0.25) is 4.90 Å². The van der Waals surface area contributed by atoms with Crippen molar-refractivity contribution in [2.45, 2.75) is 19.9 Å². The molecule has 0 radical (unpaired) electrons. The molecule has 18 heavy (non-hydrogen) atoms. The first-order valence-electron chi connectivity index (χ1n) is 6.43.